The van der Waals surface area contributed by atoms with Gasteiger partial charge in [-0.25, -0.2) is 4.68 Å². The Morgan fingerprint density at radius 2 is 2.03 bits per heavy atom. The molecule has 0 spiro atoms. The number of aromatic nitrogens is 2. The van der Waals surface area contributed by atoms with Gasteiger partial charge in [0.05, 0.1) is 22.1 Å². The highest BCUT2D eigenvalue weighted by molar-refractivity contribution is 5.94. The summed E-state index contributed by atoms with van der Waals surface area (Å²) in [6.45, 7) is 0.829. The molecule has 0 aliphatic carbocycles. The van der Waals surface area contributed by atoms with Gasteiger partial charge in [0, 0.05) is 36.2 Å². The summed E-state index contributed by atoms with van der Waals surface area (Å²) in [5.74, 6) is -0.347. The number of hydrogen-bond acceptors (Lipinski definition) is 6. The number of benzene rings is 2. The number of nitro groups is 1. The summed E-state index contributed by atoms with van der Waals surface area (Å²) in [4.78, 5) is 35.9. The molecule has 1 aromatic heterocycles. The first-order chi connectivity index (χ1) is 14.5. The van der Waals surface area contributed by atoms with E-state index in [0.717, 1.165) is 17.5 Å². The lowest BCUT2D eigenvalue weighted by Crippen LogP contribution is -2.37. The number of nitrogens with zero attached hydrogens (tertiary/aromatic N) is 3. The van der Waals surface area contributed by atoms with E-state index in [0.29, 0.717) is 35.2 Å². The average Bonchev–Trinajstić information content (AvgIpc) is 3.28. The molecule has 1 amide bonds. The zero-order valence-corrected chi connectivity index (χ0v) is 16.1. The molecule has 0 saturated carbocycles. The Labute approximate surface area is 171 Å². The van der Waals surface area contributed by atoms with Gasteiger partial charge in [-0.2, -0.15) is 5.10 Å². The van der Waals surface area contributed by atoms with Gasteiger partial charge in [-0.05, 0) is 18.9 Å². The second kappa shape index (κ2) is 8.42. The van der Waals surface area contributed by atoms with Crippen molar-refractivity contribution in [1.82, 2.24) is 15.1 Å². The third-order valence-electron chi connectivity index (χ3n) is 5.04. The summed E-state index contributed by atoms with van der Waals surface area (Å²) >= 11 is 0. The Morgan fingerprint density at radius 1 is 1.23 bits per heavy atom. The summed E-state index contributed by atoms with van der Waals surface area (Å²) in [6, 6.07) is 12.9. The standard InChI is InChI=1S/C21H20N4O5/c26-19(22-12-16-7-4-10-30-16)13-24-21(27)18-9-2-1-8-17(18)20(23-24)14-5-3-6-15(11-14)25(28)29/h1-3,5-6,8-9,11,16H,4,7,10,12-13H2,(H,22,26)/t16-/m1/s1. The van der Waals surface area contributed by atoms with Crippen LogP contribution in [0.2, 0.25) is 0 Å². The molecule has 30 heavy (non-hydrogen) atoms. The molecule has 4 rings (SSSR count). The summed E-state index contributed by atoms with van der Waals surface area (Å²) in [6.07, 6.45) is 1.86. The van der Waals surface area contributed by atoms with Crippen molar-refractivity contribution >= 4 is 22.4 Å². The summed E-state index contributed by atoms with van der Waals surface area (Å²) in [5.41, 5.74) is 0.423. The number of non-ortho nitro benzene ring substituents is 1. The second-order valence-electron chi connectivity index (χ2n) is 7.10. The van der Waals surface area contributed by atoms with Gasteiger partial charge < -0.3 is 10.1 Å². The molecule has 1 atom stereocenters. The number of carbonyl (C=O) groups is 1. The molecule has 1 aliphatic rings. The Kier molecular flexibility index (Phi) is 5.53. The summed E-state index contributed by atoms with van der Waals surface area (Å²) in [7, 11) is 0. The van der Waals surface area contributed by atoms with Crippen LogP contribution in [0, 0.1) is 10.1 Å². The molecule has 0 radical (unpaired) electrons. The van der Waals surface area contributed by atoms with Gasteiger partial charge in [0.1, 0.15) is 6.54 Å². The van der Waals surface area contributed by atoms with Crippen molar-refractivity contribution in [2.24, 2.45) is 0 Å². The molecule has 3 aromatic rings. The first kappa shape index (κ1) is 19.7. The average molecular weight is 408 g/mol. The number of hydrogen-bond donors (Lipinski definition) is 1. The van der Waals surface area contributed by atoms with Crippen LogP contribution in [0.15, 0.2) is 53.3 Å². The Morgan fingerprint density at radius 3 is 2.77 bits per heavy atom. The summed E-state index contributed by atoms with van der Waals surface area (Å²) in [5, 5.41) is 19.3. The van der Waals surface area contributed by atoms with Crippen molar-refractivity contribution in [2.45, 2.75) is 25.5 Å². The van der Waals surface area contributed by atoms with Gasteiger partial charge in [0.15, 0.2) is 0 Å². The smallest absolute Gasteiger partial charge is 0.275 e. The van der Waals surface area contributed by atoms with Crippen molar-refractivity contribution < 1.29 is 14.5 Å². The van der Waals surface area contributed by atoms with E-state index < -0.39 is 10.5 Å². The minimum absolute atomic E-state index is 0.00402. The highest BCUT2D eigenvalue weighted by Crippen LogP contribution is 2.27. The topological polar surface area (TPSA) is 116 Å². The van der Waals surface area contributed by atoms with Gasteiger partial charge in [-0.3, -0.25) is 19.7 Å². The number of nitrogens with one attached hydrogen (secondary N) is 1. The lowest BCUT2D eigenvalue weighted by molar-refractivity contribution is -0.384. The number of rotatable bonds is 6. The van der Waals surface area contributed by atoms with Crippen LogP contribution in [-0.2, 0) is 16.1 Å². The van der Waals surface area contributed by atoms with E-state index in [1.807, 2.05) is 0 Å². The van der Waals surface area contributed by atoms with E-state index in [1.165, 1.54) is 12.1 Å². The maximum Gasteiger partial charge on any atom is 0.275 e. The predicted molar refractivity (Wildman–Crippen MR) is 110 cm³/mol. The van der Waals surface area contributed by atoms with Crippen molar-refractivity contribution in [3.8, 4) is 11.3 Å². The Hall–Kier alpha value is -3.59. The van der Waals surface area contributed by atoms with Gasteiger partial charge >= 0.3 is 0 Å². The highest BCUT2D eigenvalue weighted by atomic mass is 16.6. The molecular weight excluding hydrogens is 388 g/mol. The van der Waals surface area contributed by atoms with Crippen molar-refractivity contribution in [3.63, 3.8) is 0 Å². The van der Waals surface area contributed by atoms with E-state index >= 15 is 0 Å². The maximum atomic E-state index is 12.9. The van der Waals surface area contributed by atoms with Gasteiger partial charge in [-0.1, -0.05) is 30.3 Å². The van der Waals surface area contributed by atoms with E-state index in [4.69, 9.17) is 4.74 Å². The number of carbonyl (C=O) groups excluding carboxylic acids is 1. The first-order valence-corrected chi connectivity index (χ1v) is 9.66. The zero-order chi connectivity index (χ0) is 21.1. The van der Waals surface area contributed by atoms with E-state index in [1.54, 1.807) is 36.4 Å². The Bertz CT molecular complexity index is 1170. The van der Waals surface area contributed by atoms with Gasteiger partial charge in [-0.15, -0.1) is 0 Å². The molecule has 2 heterocycles. The van der Waals surface area contributed by atoms with Crippen molar-refractivity contribution in [1.29, 1.82) is 0 Å². The predicted octanol–water partition coefficient (Wildman–Crippen LogP) is 2.27. The number of fused-ring (bicyclic) bond motifs is 1. The van der Waals surface area contributed by atoms with Crippen LogP contribution in [0.4, 0.5) is 5.69 Å². The van der Waals surface area contributed by atoms with Crippen molar-refractivity contribution in [2.75, 3.05) is 13.2 Å². The van der Waals surface area contributed by atoms with Crippen molar-refractivity contribution in [3.05, 3.63) is 69.0 Å². The fourth-order valence-electron chi connectivity index (χ4n) is 3.55. The molecule has 154 valence electrons. The van der Waals surface area contributed by atoms with E-state index in [2.05, 4.69) is 10.4 Å². The molecule has 1 aliphatic heterocycles. The zero-order valence-electron chi connectivity index (χ0n) is 16.1. The van der Waals surface area contributed by atoms with E-state index in [-0.39, 0.29) is 24.2 Å². The minimum Gasteiger partial charge on any atom is -0.376 e. The van der Waals surface area contributed by atoms with Crippen LogP contribution in [0.1, 0.15) is 12.8 Å². The molecule has 1 N–H and O–H groups in total. The second-order valence-corrected chi connectivity index (χ2v) is 7.10. The highest BCUT2D eigenvalue weighted by Gasteiger charge is 2.18. The largest absolute Gasteiger partial charge is 0.376 e. The molecule has 2 aromatic carbocycles. The van der Waals surface area contributed by atoms with Gasteiger partial charge in [0.25, 0.3) is 11.2 Å². The third kappa shape index (κ3) is 4.06. The SMILES string of the molecule is O=C(Cn1nc(-c2cccc([N+](=O)[O-])c2)c2ccccc2c1=O)NC[C@H]1CCCO1. The van der Waals surface area contributed by atoms with Crippen LogP contribution in [0.5, 0.6) is 0 Å². The molecule has 0 unspecified atom stereocenters. The van der Waals surface area contributed by atoms with E-state index in [9.17, 15) is 19.7 Å². The minimum atomic E-state index is -0.486. The van der Waals surface area contributed by atoms with Gasteiger partial charge in [0.2, 0.25) is 5.91 Å². The van der Waals surface area contributed by atoms with Crippen LogP contribution in [0.25, 0.3) is 22.0 Å². The monoisotopic (exact) mass is 408 g/mol. The number of nitro benzene ring substituents is 1. The maximum absolute atomic E-state index is 12.9. The lowest BCUT2D eigenvalue weighted by Gasteiger charge is -2.13. The molecule has 9 heteroatoms. The third-order valence-corrected chi connectivity index (χ3v) is 5.04. The molecule has 9 nitrogen and oxygen atoms in total. The fourth-order valence-corrected chi connectivity index (χ4v) is 3.55. The quantitative estimate of drug-likeness (QED) is 0.494. The van der Waals surface area contributed by atoms with Crippen LogP contribution >= 0.6 is 0 Å². The normalized spacial score (nSPS) is 15.9. The molecular formula is C21H20N4O5. The number of amides is 1. The molecule has 1 saturated heterocycles. The van der Waals surface area contributed by atoms with Crippen LogP contribution in [0.3, 0.4) is 0 Å². The fraction of sp³-hybridized carbons (Fsp3) is 0.286. The lowest BCUT2D eigenvalue weighted by atomic mass is 10.0. The molecule has 1 fully saturated rings. The summed E-state index contributed by atoms with van der Waals surface area (Å²) < 4.78 is 6.59. The van der Waals surface area contributed by atoms with Crippen LogP contribution < -0.4 is 10.9 Å². The van der Waals surface area contributed by atoms with Crippen LogP contribution in [-0.4, -0.2) is 39.9 Å². The first-order valence-electron chi connectivity index (χ1n) is 9.66. The Balaban J connectivity index is 1.69. The molecule has 0 bridgehead atoms. The number of ether oxygens (including phenoxy) is 1.